The molecule has 0 saturated carbocycles. The molecule has 4 nitrogen and oxygen atoms in total. The van der Waals surface area contributed by atoms with E-state index in [1.807, 2.05) is 30.3 Å². The van der Waals surface area contributed by atoms with Crippen molar-refractivity contribution >= 4 is 5.91 Å². The molecule has 0 aliphatic heterocycles. The van der Waals surface area contributed by atoms with Crippen LogP contribution in [0.2, 0.25) is 0 Å². The Morgan fingerprint density at radius 2 is 1.65 bits per heavy atom. The van der Waals surface area contributed by atoms with Crippen LogP contribution in [0.3, 0.4) is 0 Å². The molecule has 20 heavy (non-hydrogen) atoms. The Morgan fingerprint density at radius 1 is 0.950 bits per heavy atom. The van der Waals surface area contributed by atoms with Crippen molar-refractivity contribution in [1.29, 1.82) is 0 Å². The average molecular weight is 271 g/mol. The first-order valence-electron chi connectivity index (χ1n) is 6.40. The van der Waals surface area contributed by atoms with E-state index in [0.29, 0.717) is 31.1 Å². The van der Waals surface area contributed by atoms with Crippen LogP contribution in [0.15, 0.2) is 54.6 Å². The van der Waals surface area contributed by atoms with Crippen LogP contribution < -0.4 is 10.5 Å². The fourth-order valence-electron chi connectivity index (χ4n) is 1.70. The summed E-state index contributed by atoms with van der Waals surface area (Å²) >= 11 is 0. The van der Waals surface area contributed by atoms with Crippen LogP contribution in [-0.4, -0.2) is 19.1 Å². The van der Waals surface area contributed by atoms with Gasteiger partial charge in [-0.1, -0.05) is 30.3 Å². The number of nitrogens with two attached hydrogens (primary N) is 1. The van der Waals surface area contributed by atoms with Gasteiger partial charge in [-0.25, -0.2) is 0 Å². The lowest BCUT2D eigenvalue weighted by Gasteiger charge is -2.07. The van der Waals surface area contributed by atoms with Crippen molar-refractivity contribution in [2.45, 2.75) is 6.61 Å². The molecule has 2 N–H and O–H groups in total. The van der Waals surface area contributed by atoms with Gasteiger partial charge in [-0.15, -0.1) is 0 Å². The van der Waals surface area contributed by atoms with E-state index < -0.39 is 5.91 Å². The Bertz CT molecular complexity index is 537. The molecule has 0 fully saturated rings. The van der Waals surface area contributed by atoms with Gasteiger partial charge in [0.2, 0.25) is 5.91 Å². The molecule has 0 saturated heterocycles. The third-order valence-corrected chi connectivity index (χ3v) is 2.75. The molecule has 4 heteroatoms. The van der Waals surface area contributed by atoms with E-state index in [2.05, 4.69) is 0 Å². The van der Waals surface area contributed by atoms with Crippen LogP contribution in [0.5, 0.6) is 5.75 Å². The first-order chi connectivity index (χ1) is 9.75. The standard InChI is InChI=1S/C16H17NO3/c17-16(18)14-6-8-15(9-7-14)20-11-10-19-12-13-4-2-1-3-5-13/h1-9H,10-12H2,(H2,17,18). The van der Waals surface area contributed by atoms with E-state index in [1.54, 1.807) is 24.3 Å². The Hall–Kier alpha value is -2.33. The minimum absolute atomic E-state index is 0.442. The number of amides is 1. The van der Waals surface area contributed by atoms with Crippen molar-refractivity contribution in [3.05, 3.63) is 65.7 Å². The molecule has 0 bridgehead atoms. The van der Waals surface area contributed by atoms with Gasteiger partial charge in [-0.05, 0) is 29.8 Å². The van der Waals surface area contributed by atoms with Gasteiger partial charge in [0.05, 0.1) is 13.2 Å². The topological polar surface area (TPSA) is 61.6 Å². The molecule has 104 valence electrons. The zero-order chi connectivity index (χ0) is 14.2. The number of primary amides is 1. The molecular formula is C16H17NO3. The van der Waals surface area contributed by atoms with Gasteiger partial charge in [-0.2, -0.15) is 0 Å². The molecule has 0 aliphatic carbocycles. The molecule has 2 rings (SSSR count). The predicted molar refractivity (Wildman–Crippen MR) is 76.6 cm³/mol. The summed E-state index contributed by atoms with van der Waals surface area (Å²) in [5, 5.41) is 0. The Kier molecular flexibility index (Phi) is 5.15. The highest BCUT2D eigenvalue weighted by Crippen LogP contribution is 2.11. The van der Waals surface area contributed by atoms with E-state index >= 15 is 0 Å². The summed E-state index contributed by atoms with van der Waals surface area (Å²) < 4.78 is 11.0. The largest absolute Gasteiger partial charge is 0.491 e. The Labute approximate surface area is 118 Å². The van der Waals surface area contributed by atoms with Gasteiger partial charge < -0.3 is 15.2 Å². The molecule has 0 unspecified atom stereocenters. The monoisotopic (exact) mass is 271 g/mol. The number of ether oxygens (including phenoxy) is 2. The third kappa shape index (κ3) is 4.40. The van der Waals surface area contributed by atoms with Gasteiger partial charge in [-0.3, -0.25) is 4.79 Å². The fourth-order valence-corrected chi connectivity index (χ4v) is 1.70. The predicted octanol–water partition coefficient (Wildman–Crippen LogP) is 2.38. The van der Waals surface area contributed by atoms with Crippen molar-refractivity contribution in [3.63, 3.8) is 0 Å². The Morgan fingerprint density at radius 3 is 2.30 bits per heavy atom. The van der Waals surface area contributed by atoms with E-state index in [-0.39, 0.29) is 0 Å². The lowest BCUT2D eigenvalue weighted by atomic mass is 10.2. The van der Waals surface area contributed by atoms with Crippen molar-refractivity contribution in [2.75, 3.05) is 13.2 Å². The molecule has 0 heterocycles. The summed E-state index contributed by atoms with van der Waals surface area (Å²) in [4.78, 5) is 10.9. The lowest BCUT2D eigenvalue weighted by Crippen LogP contribution is -2.11. The second-order valence-electron chi connectivity index (χ2n) is 4.28. The van der Waals surface area contributed by atoms with Crippen LogP contribution in [0.1, 0.15) is 15.9 Å². The Balaban J connectivity index is 1.67. The number of benzene rings is 2. The minimum atomic E-state index is -0.442. The maximum atomic E-state index is 10.9. The highest BCUT2D eigenvalue weighted by atomic mass is 16.5. The van der Waals surface area contributed by atoms with Gasteiger partial charge >= 0.3 is 0 Å². The van der Waals surface area contributed by atoms with E-state index in [0.717, 1.165) is 5.56 Å². The quantitative estimate of drug-likeness (QED) is 0.786. The number of hydrogen-bond acceptors (Lipinski definition) is 3. The number of rotatable bonds is 7. The number of carbonyl (C=O) groups excluding carboxylic acids is 1. The van der Waals surface area contributed by atoms with Crippen molar-refractivity contribution in [1.82, 2.24) is 0 Å². The lowest BCUT2D eigenvalue weighted by molar-refractivity contribution is 0.0889. The van der Waals surface area contributed by atoms with Gasteiger partial charge in [0.1, 0.15) is 12.4 Å². The molecule has 0 aromatic heterocycles. The van der Waals surface area contributed by atoms with Crippen LogP contribution in [0.4, 0.5) is 0 Å². The molecule has 0 radical (unpaired) electrons. The van der Waals surface area contributed by atoms with E-state index in [9.17, 15) is 4.79 Å². The molecule has 0 spiro atoms. The van der Waals surface area contributed by atoms with Gasteiger partial charge in [0.15, 0.2) is 0 Å². The molecule has 0 aliphatic rings. The smallest absolute Gasteiger partial charge is 0.248 e. The minimum Gasteiger partial charge on any atom is -0.491 e. The number of carbonyl (C=O) groups is 1. The van der Waals surface area contributed by atoms with E-state index in [4.69, 9.17) is 15.2 Å². The summed E-state index contributed by atoms with van der Waals surface area (Å²) in [5.74, 6) is 0.251. The van der Waals surface area contributed by atoms with Gasteiger partial charge in [0, 0.05) is 5.56 Å². The maximum absolute atomic E-state index is 10.9. The van der Waals surface area contributed by atoms with Crippen LogP contribution in [0, 0.1) is 0 Å². The second-order valence-corrected chi connectivity index (χ2v) is 4.28. The van der Waals surface area contributed by atoms with Gasteiger partial charge in [0.25, 0.3) is 0 Å². The number of hydrogen-bond donors (Lipinski definition) is 1. The molecular weight excluding hydrogens is 254 g/mol. The highest BCUT2D eigenvalue weighted by Gasteiger charge is 2.00. The van der Waals surface area contributed by atoms with Crippen LogP contribution in [-0.2, 0) is 11.3 Å². The van der Waals surface area contributed by atoms with Crippen LogP contribution in [0.25, 0.3) is 0 Å². The summed E-state index contributed by atoms with van der Waals surface area (Å²) in [6.45, 7) is 1.54. The summed E-state index contributed by atoms with van der Waals surface area (Å²) in [6, 6.07) is 16.7. The molecule has 0 atom stereocenters. The second kappa shape index (κ2) is 7.31. The summed E-state index contributed by atoms with van der Waals surface area (Å²) in [6.07, 6.45) is 0. The molecule has 1 amide bonds. The SMILES string of the molecule is NC(=O)c1ccc(OCCOCc2ccccc2)cc1. The zero-order valence-electron chi connectivity index (χ0n) is 11.1. The average Bonchev–Trinajstić information content (AvgIpc) is 2.48. The normalized spacial score (nSPS) is 10.2. The molecule has 2 aromatic rings. The van der Waals surface area contributed by atoms with E-state index in [1.165, 1.54) is 0 Å². The summed E-state index contributed by atoms with van der Waals surface area (Å²) in [7, 11) is 0. The van der Waals surface area contributed by atoms with Crippen molar-refractivity contribution in [2.24, 2.45) is 5.73 Å². The first-order valence-corrected chi connectivity index (χ1v) is 6.40. The third-order valence-electron chi connectivity index (χ3n) is 2.75. The fraction of sp³-hybridized carbons (Fsp3) is 0.188. The zero-order valence-corrected chi connectivity index (χ0v) is 11.1. The first kappa shape index (κ1) is 14.1. The molecule has 2 aromatic carbocycles. The maximum Gasteiger partial charge on any atom is 0.248 e. The van der Waals surface area contributed by atoms with Crippen molar-refractivity contribution < 1.29 is 14.3 Å². The summed E-state index contributed by atoms with van der Waals surface area (Å²) in [5.41, 5.74) is 6.77. The van der Waals surface area contributed by atoms with Crippen LogP contribution >= 0.6 is 0 Å². The van der Waals surface area contributed by atoms with Crippen molar-refractivity contribution in [3.8, 4) is 5.75 Å². The highest BCUT2D eigenvalue weighted by molar-refractivity contribution is 5.92.